The third-order valence-electron chi connectivity index (χ3n) is 2.27. The van der Waals surface area contributed by atoms with E-state index in [1.165, 1.54) is 0 Å². The van der Waals surface area contributed by atoms with Gasteiger partial charge in [0.2, 0.25) is 0 Å². The Morgan fingerprint density at radius 3 is 3.00 bits per heavy atom. The smallest absolute Gasteiger partial charge is 0.128 e. The summed E-state index contributed by atoms with van der Waals surface area (Å²) in [6.07, 6.45) is 5.40. The van der Waals surface area contributed by atoms with E-state index < -0.39 is 0 Å². The number of rotatable bonds is 3. The summed E-state index contributed by atoms with van der Waals surface area (Å²) in [6.45, 7) is 0.00766. The molecular formula is C8H12FN3. The lowest BCUT2D eigenvalue weighted by Crippen LogP contribution is -2.24. The molecule has 1 saturated carbocycles. The summed E-state index contributed by atoms with van der Waals surface area (Å²) in [4.78, 5) is 4.14. The summed E-state index contributed by atoms with van der Waals surface area (Å²) in [7, 11) is 0. The summed E-state index contributed by atoms with van der Waals surface area (Å²) in [5.74, 6) is 0.833. The SMILES string of the molecule is NC1(c2nccn2CCF)CC1. The monoisotopic (exact) mass is 169 g/mol. The lowest BCUT2D eigenvalue weighted by molar-refractivity contribution is 0.431. The molecule has 1 aliphatic rings. The fraction of sp³-hybridized carbons (Fsp3) is 0.625. The summed E-state index contributed by atoms with van der Waals surface area (Å²) < 4.78 is 13.9. The van der Waals surface area contributed by atoms with Crippen molar-refractivity contribution in [3.05, 3.63) is 18.2 Å². The number of halogens is 1. The third kappa shape index (κ3) is 1.12. The molecule has 2 N–H and O–H groups in total. The van der Waals surface area contributed by atoms with Crippen molar-refractivity contribution in [3.63, 3.8) is 0 Å². The second kappa shape index (κ2) is 2.55. The van der Waals surface area contributed by atoms with E-state index in [-0.39, 0.29) is 12.2 Å². The molecule has 1 fully saturated rings. The minimum atomic E-state index is -0.362. The predicted octanol–water partition coefficient (Wildman–Crippen LogP) is 0.800. The standard InChI is InChI=1S/C8H12FN3/c9-3-5-12-6-4-11-7(12)8(10)1-2-8/h4,6H,1-3,5,10H2. The van der Waals surface area contributed by atoms with E-state index in [0.29, 0.717) is 6.54 Å². The van der Waals surface area contributed by atoms with E-state index in [4.69, 9.17) is 5.73 Å². The lowest BCUT2D eigenvalue weighted by atomic mass is 10.3. The van der Waals surface area contributed by atoms with Crippen LogP contribution in [0, 0.1) is 0 Å². The van der Waals surface area contributed by atoms with Gasteiger partial charge in [0.1, 0.15) is 12.5 Å². The molecule has 1 heterocycles. The van der Waals surface area contributed by atoms with Crippen molar-refractivity contribution in [2.24, 2.45) is 5.73 Å². The predicted molar refractivity (Wildman–Crippen MR) is 43.3 cm³/mol. The average Bonchev–Trinajstić information content (AvgIpc) is 2.64. The second-order valence-electron chi connectivity index (χ2n) is 3.29. The number of imidazole rings is 1. The molecule has 1 aromatic rings. The van der Waals surface area contributed by atoms with Gasteiger partial charge in [-0.1, -0.05) is 0 Å². The van der Waals surface area contributed by atoms with Crippen molar-refractivity contribution in [2.75, 3.05) is 6.67 Å². The van der Waals surface area contributed by atoms with Crippen LogP contribution in [0.25, 0.3) is 0 Å². The van der Waals surface area contributed by atoms with Crippen LogP contribution in [0.15, 0.2) is 12.4 Å². The van der Waals surface area contributed by atoms with Crippen molar-refractivity contribution < 1.29 is 4.39 Å². The molecule has 4 heteroatoms. The van der Waals surface area contributed by atoms with Crippen LogP contribution in [0.1, 0.15) is 18.7 Å². The Bertz CT molecular complexity index is 278. The van der Waals surface area contributed by atoms with Crippen molar-refractivity contribution in [2.45, 2.75) is 24.9 Å². The maximum atomic E-state index is 12.1. The first-order valence-corrected chi connectivity index (χ1v) is 4.13. The molecule has 0 saturated heterocycles. The Kier molecular flexibility index (Phi) is 1.65. The molecule has 66 valence electrons. The van der Waals surface area contributed by atoms with E-state index in [1.807, 2.05) is 0 Å². The zero-order valence-corrected chi connectivity index (χ0v) is 6.83. The fourth-order valence-corrected chi connectivity index (χ4v) is 1.37. The van der Waals surface area contributed by atoms with Crippen molar-refractivity contribution in [1.29, 1.82) is 0 Å². The molecule has 1 aliphatic carbocycles. The number of hydrogen-bond acceptors (Lipinski definition) is 2. The first kappa shape index (κ1) is 7.73. The van der Waals surface area contributed by atoms with Crippen LogP contribution in [0.4, 0.5) is 4.39 Å². The number of aromatic nitrogens is 2. The molecule has 0 unspecified atom stereocenters. The van der Waals surface area contributed by atoms with Gasteiger partial charge in [0.25, 0.3) is 0 Å². The van der Waals surface area contributed by atoms with E-state index in [0.717, 1.165) is 18.7 Å². The fourth-order valence-electron chi connectivity index (χ4n) is 1.37. The van der Waals surface area contributed by atoms with Crippen LogP contribution < -0.4 is 5.73 Å². The van der Waals surface area contributed by atoms with Gasteiger partial charge in [-0.15, -0.1) is 0 Å². The Morgan fingerprint density at radius 2 is 2.42 bits per heavy atom. The van der Waals surface area contributed by atoms with Crippen LogP contribution >= 0.6 is 0 Å². The highest BCUT2D eigenvalue weighted by molar-refractivity contribution is 5.16. The second-order valence-corrected chi connectivity index (χ2v) is 3.29. The number of nitrogens with two attached hydrogens (primary N) is 1. The zero-order valence-electron chi connectivity index (χ0n) is 6.83. The van der Waals surface area contributed by atoms with Gasteiger partial charge in [0.15, 0.2) is 0 Å². The molecule has 0 bridgehead atoms. The molecule has 12 heavy (non-hydrogen) atoms. The minimum absolute atomic E-state index is 0.251. The van der Waals surface area contributed by atoms with Gasteiger partial charge in [-0.3, -0.25) is 0 Å². The molecular weight excluding hydrogens is 157 g/mol. The van der Waals surface area contributed by atoms with Crippen LogP contribution in [0.2, 0.25) is 0 Å². The molecule has 0 spiro atoms. The molecule has 3 nitrogen and oxygen atoms in total. The summed E-state index contributed by atoms with van der Waals surface area (Å²) in [5.41, 5.74) is 5.69. The number of aryl methyl sites for hydroxylation is 1. The first-order valence-electron chi connectivity index (χ1n) is 4.13. The lowest BCUT2D eigenvalue weighted by Gasteiger charge is -2.10. The molecule has 0 amide bonds. The minimum Gasteiger partial charge on any atom is -0.331 e. The van der Waals surface area contributed by atoms with Gasteiger partial charge < -0.3 is 10.3 Å². The van der Waals surface area contributed by atoms with Gasteiger partial charge in [-0.2, -0.15) is 0 Å². The topological polar surface area (TPSA) is 43.8 Å². The van der Waals surface area contributed by atoms with Crippen molar-refractivity contribution in [1.82, 2.24) is 9.55 Å². The number of hydrogen-bond donors (Lipinski definition) is 1. The molecule has 0 atom stereocenters. The van der Waals surface area contributed by atoms with Crippen molar-refractivity contribution in [3.8, 4) is 0 Å². The Hall–Kier alpha value is -0.900. The van der Waals surface area contributed by atoms with E-state index in [2.05, 4.69) is 4.98 Å². The van der Waals surface area contributed by atoms with Gasteiger partial charge >= 0.3 is 0 Å². The van der Waals surface area contributed by atoms with E-state index in [1.54, 1.807) is 17.0 Å². The summed E-state index contributed by atoms with van der Waals surface area (Å²) in [5, 5.41) is 0. The van der Waals surface area contributed by atoms with Gasteiger partial charge in [0, 0.05) is 12.4 Å². The highest BCUT2D eigenvalue weighted by atomic mass is 19.1. The maximum absolute atomic E-state index is 12.1. The van der Waals surface area contributed by atoms with Gasteiger partial charge in [-0.25, -0.2) is 9.37 Å². The quantitative estimate of drug-likeness (QED) is 0.727. The van der Waals surface area contributed by atoms with Crippen molar-refractivity contribution >= 4 is 0 Å². The largest absolute Gasteiger partial charge is 0.331 e. The highest BCUT2D eigenvalue weighted by Gasteiger charge is 2.43. The average molecular weight is 169 g/mol. The molecule has 0 aliphatic heterocycles. The van der Waals surface area contributed by atoms with E-state index >= 15 is 0 Å². The highest BCUT2D eigenvalue weighted by Crippen LogP contribution is 2.41. The Morgan fingerprint density at radius 1 is 1.67 bits per heavy atom. The van der Waals surface area contributed by atoms with Crippen LogP contribution in [-0.4, -0.2) is 16.2 Å². The number of nitrogens with zero attached hydrogens (tertiary/aromatic N) is 2. The van der Waals surface area contributed by atoms with Crippen LogP contribution in [0.5, 0.6) is 0 Å². The molecule has 2 rings (SSSR count). The zero-order chi connectivity index (χ0) is 8.60. The normalized spacial score (nSPS) is 19.5. The first-order chi connectivity index (χ1) is 5.76. The summed E-state index contributed by atoms with van der Waals surface area (Å²) >= 11 is 0. The Labute approximate surface area is 70.4 Å². The Balaban J connectivity index is 2.24. The molecule has 0 aromatic carbocycles. The molecule has 0 radical (unpaired) electrons. The van der Waals surface area contributed by atoms with Crippen LogP contribution in [-0.2, 0) is 12.1 Å². The van der Waals surface area contributed by atoms with Gasteiger partial charge in [-0.05, 0) is 12.8 Å². The van der Waals surface area contributed by atoms with Gasteiger partial charge in [0.05, 0.1) is 12.1 Å². The summed E-state index contributed by atoms with van der Waals surface area (Å²) in [6, 6.07) is 0. The number of alkyl halides is 1. The van der Waals surface area contributed by atoms with Crippen LogP contribution in [0.3, 0.4) is 0 Å². The third-order valence-corrected chi connectivity index (χ3v) is 2.27. The van der Waals surface area contributed by atoms with E-state index in [9.17, 15) is 4.39 Å². The molecule has 1 aromatic heterocycles. The maximum Gasteiger partial charge on any atom is 0.128 e.